The Morgan fingerprint density at radius 2 is 2.00 bits per heavy atom. The molecule has 0 spiro atoms. The van der Waals surface area contributed by atoms with E-state index in [1.54, 1.807) is 24.3 Å². The summed E-state index contributed by atoms with van der Waals surface area (Å²) >= 11 is 1.45. The number of tetrazole rings is 1. The van der Waals surface area contributed by atoms with Crippen LogP contribution in [0, 0.1) is 0 Å². The molecule has 3 aromatic rings. The van der Waals surface area contributed by atoms with Gasteiger partial charge < -0.3 is 10.6 Å². The van der Waals surface area contributed by atoms with Gasteiger partial charge in [0.15, 0.2) is 0 Å². The third-order valence-electron chi connectivity index (χ3n) is 5.05. The SMILES string of the molecule is O=C(NC(C(=O)NC1CCCCC1)c1cccs1)c1cccc(-c2nn[nH]n2)c1. The average Bonchev–Trinajstić information content (AvgIpc) is 3.47. The van der Waals surface area contributed by atoms with E-state index in [4.69, 9.17) is 0 Å². The number of aromatic amines is 1. The van der Waals surface area contributed by atoms with E-state index in [2.05, 4.69) is 31.3 Å². The zero-order chi connectivity index (χ0) is 20.1. The van der Waals surface area contributed by atoms with Crippen LogP contribution in [0.25, 0.3) is 11.4 Å². The van der Waals surface area contributed by atoms with Gasteiger partial charge in [-0.25, -0.2) is 0 Å². The minimum Gasteiger partial charge on any atom is -0.351 e. The zero-order valence-electron chi connectivity index (χ0n) is 15.8. The Kier molecular flexibility index (Phi) is 5.95. The Hall–Kier alpha value is -3.07. The fraction of sp³-hybridized carbons (Fsp3) is 0.350. The van der Waals surface area contributed by atoms with E-state index in [0.29, 0.717) is 17.0 Å². The topological polar surface area (TPSA) is 113 Å². The van der Waals surface area contributed by atoms with E-state index in [1.165, 1.54) is 17.8 Å². The summed E-state index contributed by atoms with van der Waals surface area (Å²) in [5.74, 6) is -0.0842. The van der Waals surface area contributed by atoms with Crippen molar-refractivity contribution in [1.29, 1.82) is 0 Å². The van der Waals surface area contributed by atoms with Crippen molar-refractivity contribution >= 4 is 23.2 Å². The smallest absolute Gasteiger partial charge is 0.252 e. The summed E-state index contributed by atoms with van der Waals surface area (Å²) in [6, 6.07) is 10.1. The highest BCUT2D eigenvalue weighted by molar-refractivity contribution is 7.10. The second-order valence-electron chi connectivity index (χ2n) is 7.08. The van der Waals surface area contributed by atoms with Crippen molar-refractivity contribution in [2.75, 3.05) is 0 Å². The van der Waals surface area contributed by atoms with Gasteiger partial charge in [-0.2, -0.15) is 5.21 Å². The third-order valence-corrected chi connectivity index (χ3v) is 5.98. The molecule has 8 nitrogen and oxygen atoms in total. The van der Waals surface area contributed by atoms with Gasteiger partial charge in [-0.3, -0.25) is 9.59 Å². The van der Waals surface area contributed by atoms with Gasteiger partial charge in [-0.15, -0.1) is 21.5 Å². The first-order chi connectivity index (χ1) is 14.2. The van der Waals surface area contributed by atoms with Crippen LogP contribution in [0.15, 0.2) is 41.8 Å². The standard InChI is InChI=1S/C20H22N6O2S/c27-19(14-7-4-6-13(12-14)18-23-25-26-24-18)22-17(16-10-5-11-29-16)20(28)21-15-8-2-1-3-9-15/h4-7,10-12,15,17H,1-3,8-9H2,(H,21,28)(H,22,27)(H,23,24,25,26). The van der Waals surface area contributed by atoms with E-state index in [1.807, 2.05) is 17.5 Å². The number of nitrogens with one attached hydrogen (secondary N) is 3. The molecule has 0 saturated heterocycles. The first kappa shape index (κ1) is 19.3. The quantitative estimate of drug-likeness (QED) is 0.578. The molecule has 1 unspecified atom stereocenters. The average molecular weight is 411 g/mol. The van der Waals surface area contributed by atoms with Crippen LogP contribution in [0.4, 0.5) is 0 Å². The lowest BCUT2D eigenvalue weighted by Gasteiger charge is -2.25. The highest BCUT2D eigenvalue weighted by Crippen LogP contribution is 2.23. The van der Waals surface area contributed by atoms with Gasteiger partial charge >= 0.3 is 0 Å². The maximum atomic E-state index is 13.0. The molecular weight excluding hydrogens is 388 g/mol. The molecule has 0 bridgehead atoms. The van der Waals surface area contributed by atoms with Crippen molar-refractivity contribution < 1.29 is 9.59 Å². The Labute approximate surface area is 172 Å². The first-order valence-corrected chi connectivity index (χ1v) is 10.6. The molecule has 1 aromatic carbocycles. The molecule has 1 aliphatic rings. The van der Waals surface area contributed by atoms with Gasteiger partial charge in [0.05, 0.1) is 0 Å². The summed E-state index contributed by atoms with van der Waals surface area (Å²) in [6.07, 6.45) is 5.45. The summed E-state index contributed by atoms with van der Waals surface area (Å²) in [6.45, 7) is 0. The predicted molar refractivity (Wildman–Crippen MR) is 109 cm³/mol. The molecule has 1 aliphatic carbocycles. The Morgan fingerprint density at radius 3 is 2.72 bits per heavy atom. The predicted octanol–water partition coefficient (Wildman–Crippen LogP) is 2.85. The Bertz CT molecular complexity index is 951. The molecule has 150 valence electrons. The monoisotopic (exact) mass is 410 g/mol. The number of hydrogen-bond donors (Lipinski definition) is 3. The van der Waals surface area contributed by atoms with Gasteiger partial charge in [0.25, 0.3) is 5.91 Å². The number of rotatable bonds is 6. The fourth-order valence-electron chi connectivity index (χ4n) is 3.55. The molecule has 0 aliphatic heterocycles. The van der Waals surface area contributed by atoms with E-state index >= 15 is 0 Å². The number of nitrogens with zero attached hydrogens (tertiary/aromatic N) is 3. The van der Waals surface area contributed by atoms with Crippen molar-refractivity contribution in [1.82, 2.24) is 31.3 Å². The van der Waals surface area contributed by atoms with Gasteiger partial charge in [0.2, 0.25) is 11.7 Å². The van der Waals surface area contributed by atoms with Gasteiger partial charge in [-0.05, 0) is 41.6 Å². The number of aromatic nitrogens is 4. The van der Waals surface area contributed by atoms with Crippen molar-refractivity contribution in [3.63, 3.8) is 0 Å². The minimum absolute atomic E-state index is 0.165. The molecule has 4 rings (SSSR count). The largest absolute Gasteiger partial charge is 0.351 e. The maximum Gasteiger partial charge on any atom is 0.252 e. The molecule has 29 heavy (non-hydrogen) atoms. The van der Waals surface area contributed by atoms with E-state index in [-0.39, 0.29) is 17.9 Å². The Morgan fingerprint density at radius 1 is 1.14 bits per heavy atom. The van der Waals surface area contributed by atoms with Gasteiger partial charge in [0.1, 0.15) is 6.04 Å². The number of benzene rings is 1. The Balaban J connectivity index is 1.51. The number of thiophene rings is 1. The van der Waals surface area contributed by atoms with Crippen LogP contribution in [0.1, 0.15) is 53.4 Å². The second-order valence-corrected chi connectivity index (χ2v) is 8.06. The third kappa shape index (κ3) is 4.68. The molecule has 2 aromatic heterocycles. The summed E-state index contributed by atoms with van der Waals surface area (Å²) in [5.41, 5.74) is 1.10. The molecule has 1 saturated carbocycles. The van der Waals surface area contributed by atoms with E-state index in [0.717, 1.165) is 30.6 Å². The lowest BCUT2D eigenvalue weighted by atomic mass is 9.95. The molecular formula is C20H22N6O2S. The summed E-state index contributed by atoms with van der Waals surface area (Å²) in [7, 11) is 0. The van der Waals surface area contributed by atoms with Crippen LogP contribution in [0.5, 0.6) is 0 Å². The molecule has 1 fully saturated rings. The van der Waals surface area contributed by atoms with Crippen molar-refractivity contribution in [2.45, 2.75) is 44.2 Å². The van der Waals surface area contributed by atoms with Crippen molar-refractivity contribution in [3.8, 4) is 11.4 Å². The van der Waals surface area contributed by atoms with Crippen molar-refractivity contribution in [3.05, 3.63) is 52.2 Å². The molecule has 2 heterocycles. The first-order valence-electron chi connectivity index (χ1n) is 9.69. The van der Waals surface area contributed by atoms with Crippen LogP contribution >= 0.6 is 11.3 Å². The number of hydrogen-bond acceptors (Lipinski definition) is 6. The van der Waals surface area contributed by atoms with Gasteiger partial charge in [0, 0.05) is 22.0 Å². The lowest BCUT2D eigenvalue weighted by molar-refractivity contribution is -0.124. The summed E-state index contributed by atoms with van der Waals surface area (Å²) in [5, 5.41) is 21.7. The fourth-order valence-corrected chi connectivity index (χ4v) is 4.32. The number of H-pyrrole nitrogens is 1. The highest BCUT2D eigenvalue weighted by atomic mass is 32.1. The maximum absolute atomic E-state index is 13.0. The lowest BCUT2D eigenvalue weighted by Crippen LogP contribution is -2.44. The van der Waals surface area contributed by atoms with Crippen LogP contribution in [0.3, 0.4) is 0 Å². The second kappa shape index (κ2) is 8.95. The normalized spacial score (nSPS) is 15.6. The van der Waals surface area contributed by atoms with Crippen LogP contribution in [-0.2, 0) is 4.79 Å². The summed E-state index contributed by atoms with van der Waals surface area (Å²) < 4.78 is 0. The summed E-state index contributed by atoms with van der Waals surface area (Å²) in [4.78, 5) is 26.7. The molecule has 1 atom stereocenters. The minimum atomic E-state index is -0.724. The number of carbonyl (C=O) groups is 2. The molecule has 2 amide bonds. The number of carbonyl (C=O) groups excluding carboxylic acids is 2. The van der Waals surface area contributed by atoms with Gasteiger partial charge in [-0.1, -0.05) is 37.5 Å². The van der Waals surface area contributed by atoms with E-state index < -0.39 is 6.04 Å². The molecule has 9 heteroatoms. The molecule has 3 N–H and O–H groups in total. The van der Waals surface area contributed by atoms with Crippen LogP contribution in [0.2, 0.25) is 0 Å². The van der Waals surface area contributed by atoms with Crippen LogP contribution < -0.4 is 10.6 Å². The van der Waals surface area contributed by atoms with Crippen molar-refractivity contribution in [2.24, 2.45) is 0 Å². The highest BCUT2D eigenvalue weighted by Gasteiger charge is 2.27. The molecule has 0 radical (unpaired) electrons. The van der Waals surface area contributed by atoms with Crippen LogP contribution in [-0.4, -0.2) is 38.5 Å². The number of amides is 2. The zero-order valence-corrected chi connectivity index (χ0v) is 16.6. The van der Waals surface area contributed by atoms with E-state index in [9.17, 15) is 9.59 Å².